The van der Waals surface area contributed by atoms with Gasteiger partial charge >= 0.3 is 0 Å². The van der Waals surface area contributed by atoms with E-state index in [1.807, 2.05) is 39.1 Å². The first-order chi connectivity index (χ1) is 15.6. The molecule has 174 valence electrons. The molecule has 0 aliphatic carbocycles. The summed E-state index contributed by atoms with van der Waals surface area (Å²) in [4.78, 5) is 10.5. The molecule has 6 nitrogen and oxygen atoms in total. The molecule has 4 rings (SSSR count). The van der Waals surface area contributed by atoms with Crippen LogP contribution in [0.3, 0.4) is 0 Å². The maximum Gasteiger partial charge on any atom is 0.160 e. The number of rotatable bonds is 6. The number of hydrogen-bond acceptors (Lipinski definition) is 5. The standard InChI is InChI=1S/C25H30N4O2S2/c1-7-21-27-22-16(2)14-17(3)26-24(22)28(21)15-18-8-10-19(11-9-18)23-20(12-13-32-23)29(33(30)31)25(4,5)6/h8-14H,7,15H2,1-6H3,(H,30,31)/p-1. The van der Waals surface area contributed by atoms with Crippen LogP contribution in [-0.4, -0.2) is 28.8 Å². The number of anilines is 1. The van der Waals surface area contributed by atoms with Crippen LogP contribution in [0.1, 0.15) is 50.3 Å². The summed E-state index contributed by atoms with van der Waals surface area (Å²) in [5.41, 5.74) is 6.32. The number of aryl methyl sites for hydroxylation is 3. The number of aromatic nitrogens is 3. The molecule has 0 fully saturated rings. The smallest absolute Gasteiger partial charge is 0.160 e. The Morgan fingerprint density at radius 3 is 2.42 bits per heavy atom. The van der Waals surface area contributed by atoms with Gasteiger partial charge in [0.2, 0.25) is 0 Å². The summed E-state index contributed by atoms with van der Waals surface area (Å²) >= 11 is -0.814. The second kappa shape index (κ2) is 9.00. The lowest BCUT2D eigenvalue weighted by atomic mass is 10.1. The van der Waals surface area contributed by atoms with Crippen LogP contribution in [0.5, 0.6) is 0 Å². The van der Waals surface area contributed by atoms with E-state index in [1.165, 1.54) is 4.31 Å². The summed E-state index contributed by atoms with van der Waals surface area (Å²) < 4.78 is 27.6. The lowest BCUT2D eigenvalue weighted by molar-refractivity contribution is 0.498. The topological polar surface area (TPSA) is 74.1 Å². The molecule has 3 aromatic heterocycles. The zero-order valence-electron chi connectivity index (χ0n) is 19.9. The van der Waals surface area contributed by atoms with E-state index in [0.717, 1.165) is 50.7 Å². The summed E-state index contributed by atoms with van der Waals surface area (Å²) in [5, 5.41) is 1.94. The molecular weight excluding hydrogens is 452 g/mol. The van der Waals surface area contributed by atoms with E-state index in [1.54, 1.807) is 11.3 Å². The fraction of sp³-hybridized carbons (Fsp3) is 0.360. The van der Waals surface area contributed by atoms with Crippen molar-refractivity contribution in [3.63, 3.8) is 0 Å². The van der Waals surface area contributed by atoms with Crippen molar-refractivity contribution in [3.05, 3.63) is 64.4 Å². The van der Waals surface area contributed by atoms with Gasteiger partial charge in [-0.05, 0) is 68.8 Å². The van der Waals surface area contributed by atoms with Crippen molar-refractivity contribution in [2.24, 2.45) is 0 Å². The molecule has 0 N–H and O–H groups in total. The van der Waals surface area contributed by atoms with Crippen LogP contribution in [0.25, 0.3) is 21.6 Å². The highest BCUT2D eigenvalue weighted by atomic mass is 32.2. The summed E-state index contributed by atoms with van der Waals surface area (Å²) in [7, 11) is 0. The lowest BCUT2D eigenvalue weighted by Crippen LogP contribution is -2.42. The van der Waals surface area contributed by atoms with Crippen molar-refractivity contribution in [2.75, 3.05) is 4.31 Å². The van der Waals surface area contributed by atoms with E-state index in [4.69, 9.17) is 9.97 Å². The Kier molecular flexibility index (Phi) is 6.44. The van der Waals surface area contributed by atoms with E-state index < -0.39 is 16.8 Å². The maximum absolute atomic E-state index is 12.0. The normalized spacial score (nSPS) is 12.9. The Morgan fingerprint density at radius 2 is 1.82 bits per heavy atom. The average molecular weight is 482 g/mol. The lowest BCUT2D eigenvalue weighted by Gasteiger charge is -2.38. The summed E-state index contributed by atoms with van der Waals surface area (Å²) in [6.07, 6.45) is 0.834. The van der Waals surface area contributed by atoms with E-state index in [2.05, 4.69) is 48.7 Å². The first kappa shape index (κ1) is 23.6. The highest BCUT2D eigenvalue weighted by molar-refractivity contribution is 7.80. The number of thiophene rings is 1. The molecule has 0 radical (unpaired) electrons. The van der Waals surface area contributed by atoms with Crippen LogP contribution >= 0.6 is 11.3 Å². The number of imidazole rings is 1. The molecular formula is C25H29N4O2S2-. The van der Waals surface area contributed by atoms with Gasteiger partial charge in [-0.25, -0.2) is 9.97 Å². The number of fused-ring (bicyclic) bond motifs is 1. The predicted molar refractivity (Wildman–Crippen MR) is 136 cm³/mol. The molecule has 0 saturated heterocycles. The monoisotopic (exact) mass is 481 g/mol. The molecule has 1 aromatic carbocycles. The van der Waals surface area contributed by atoms with Crippen LogP contribution in [0.4, 0.5) is 5.69 Å². The second-order valence-electron chi connectivity index (χ2n) is 9.23. The fourth-order valence-corrected chi connectivity index (χ4v) is 5.88. The summed E-state index contributed by atoms with van der Waals surface area (Å²) in [5.74, 6) is 1.02. The predicted octanol–water partition coefficient (Wildman–Crippen LogP) is 5.79. The number of nitrogens with zero attached hydrogens (tertiary/aromatic N) is 4. The third kappa shape index (κ3) is 4.60. The molecule has 0 spiro atoms. The molecule has 8 heteroatoms. The maximum atomic E-state index is 12.0. The van der Waals surface area contributed by atoms with Gasteiger partial charge in [0.1, 0.15) is 11.3 Å². The van der Waals surface area contributed by atoms with E-state index >= 15 is 0 Å². The van der Waals surface area contributed by atoms with Gasteiger partial charge in [-0.3, -0.25) is 8.51 Å². The summed E-state index contributed by atoms with van der Waals surface area (Å²) in [6, 6.07) is 12.3. The van der Waals surface area contributed by atoms with E-state index in [0.29, 0.717) is 12.2 Å². The van der Waals surface area contributed by atoms with Crippen LogP contribution in [0.2, 0.25) is 0 Å². The third-order valence-electron chi connectivity index (χ3n) is 5.60. The van der Waals surface area contributed by atoms with Gasteiger partial charge in [0.15, 0.2) is 5.65 Å². The Balaban J connectivity index is 1.68. The SMILES string of the molecule is CCc1nc2c(C)cc(C)nc2n1Cc1ccc(-c2sccc2N(S(=O)[O-])C(C)(C)C)cc1. The molecule has 0 saturated carbocycles. The van der Waals surface area contributed by atoms with Crippen LogP contribution in [0, 0.1) is 13.8 Å². The largest absolute Gasteiger partial charge is 0.755 e. The van der Waals surface area contributed by atoms with Crippen LogP contribution in [-0.2, 0) is 24.2 Å². The van der Waals surface area contributed by atoms with Gasteiger partial charge in [0.25, 0.3) is 0 Å². The van der Waals surface area contributed by atoms with Crippen LogP contribution in [0.15, 0.2) is 41.8 Å². The molecule has 1 unspecified atom stereocenters. The molecule has 3 heterocycles. The van der Waals surface area contributed by atoms with Gasteiger partial charge in [-0.2, -0.15) is 0 Å². The van der Waals surface area contributed by atoms with E-state index in [-0.39, 0.29) is 0 Å². The molecule has 0 bridgehead atoms. The van der Waals surface area contributed by atoms with Gasteiger partial charge in [-0.15, -0.1) is 11.3 Å². The average Bonchev–Trinajstić information content (AvgIpc) is 3.33. The molecule has 0 aliphatic heterocycles. The van der Waals surface area contributed by atoms with Crippen molar-refractivity contribution in [3.8, 4) is 10.4 Å². The van der Waals surface area contributed by atoms with Crippen molar-refractivity contribution >= 4 is 39.5 Å². The quantitative estimate of drug-likeness (QED) is 0.327. The highest BCUT2D eigenvalue weighted by Crippen LogP contribution is 2.39. The number of pyridine rings is 1. The number of hydrogen-bond donors (Lipinski definition) is 0. The Morgan fingerprint density at radius 1 is 1.12 bits per heavy atom. The first-order valence-corrected chi connectivity index (χ1v) is 12.9. The van der Waals surface area contributed by atoms with Gasteiger partial charge in [-0.1, -0.05) is 31.2 Å². The van der Waals surface area contributed by atoms with E-state index in [9.17, 15) is 8.76 Å². The zero-order chi connectivity index (χ0) is 23.9. The number of benzene rings is 1. The fourth-order valence-electron chi connectivity index (χ4n) is 4.17. The van der Waals surface area contributed by atoms with Crippen LogP contribution < -0.4 is 4.31 Å². The van der Waals surface area contributed by atoms with Crippen molar-refractivity contribution in [1.82, 2.24) is 14.5 Å². The first-order valence-electron chi connectivity index (χ1n) is 11.0. The van der Waals surface area contributed by atoms with Crippen molar-refractivity contribution in [1.29, 1.82) is 0 Å². The van der Waals surface area contributed by atoms with Crippen molar-refractivity contribution < 1.29 is 8.76 Å². The van der Waals surface area contributed by atoms with Crippen molar-refractivity contribution in [2.45, 2.75) is 60.0 Å². The minimum absolute atomic E-state index is 0.551. The third-order valence-corrected chi connectivity index (χ3v) is 7.59. The molecule has 0 aliphatic rings. The minimum atomic E-state index is -2.36. The zero-order valence-corrected chi connectivity index (χ0v) is 21.5. The highest BCUT2D eigenvalue weighted by Gasteiger charge is 2.26. The summed E-state index contributed by atoms with van der Waals surface area (Å²) in [6.45, 7) is 12.6. The van der Waals surface area contributed by atoms with Gasteiger partial charge in [0, 0.05) is 28.9 Å². The molecule has 33 heavy (non-hydrogen) atoms. The van der Waals surface area contributed by atoms with Gasteiger partial charge < -0.3 is 9.12 Å². The minimum Gasteiger partial charge on any atom is -0.755 e. The molecule has 4 aromatic rings. The Labute approximate surface area is 201 Å². The molecule has 0 amide bonds. The Hall–Kier alpha value is -2.55. The Bertz CT molecular complexity index is 1320. The molecule has 1 atom stereocenters. The second-order valence-corrected chi connectivity index (χ2v) is 11.0. The van der Waals surface area contributed by atoms with Gasteiger partial charge in [0.05, 0.1) is 17.1 Å².